The smallest absolute Gasteiger partial charge is 0.194 e. The fourth-order valence-corrected chi connectivity index (χ4v) is 1.89. The second kappa shape index (κ2) is 8.17. The lowest BCUT2D eigenvalue weighted by molar-refractivity contribution is 0.298. The van der Waals surface area contributed by atoms with Gasteiger partial charge in [-0.2, -0.15) is 0 Å². The molecule has 0 radical (unpaired) electrons. The summed E-state index contributed by atoms with van der Waals surface area (Å²) in [5.74, 6) is -3.65. The largest absolute Gasteiger partial charge is 0.313 e. The van der Waals surface area contributed by atoms with E-state index in [9.17, 15) is 13.2 Å². The predicted octanol–water partition coefficient (Wildman–Crippen LogP) is 2.93. The van der Waals surface area contributed by atoms with Gasteiger partial charge >= 0.3 is 0 Å². The molecule has 0 fully saturated rings. The average Bonchev–Trinajstić information content (AvgIpc) is 2.42. The minimum atomic E-state index is -1.40. The van der Waals surface area contributed by atoms with E-state index < -0.39 is 17.5 Å². The van der Waals surface area contributed by atoms with Gasteiger partial charge < -0.3 is 10.2 Å². The Morgan fingerprint density at radius 2 is 1.74 bits per heavy atom. The van der Waals surface area contributed by atoms with Gasteiger partial charge in [0.05, 0.1) is 0 Å². The number of nitrogens with one attached hydrogen (secondary N) is 1. The van der Waals surface area contributed by atoms with Crippen LogP contribution < -0.4 is 5.32 Å². The van der Waals surface area contributed by atoms with Crippen molar-refractivity contribution in [2.24, 2.45) is 0 Å². The number of hydrogen-bond donors (Lipinski definition) is 1. The standard InChI is InChI=1S/C14H21F3N2/c1-3-19(4-2)9-5-8-18-10-11-6-7-12(15)14(17)13(11)16/h6-7,18H,3-5,8-10H2,1-2H3. The molecule has 1 N–H and O–H groups in total. The Morgan fingerprint density at radius 1 is 1.05 bits per heavy atom. The molecule has 0 saturated heterocycles. The Kier molecular flexibility index (Phi) is 6.87. The molecule has 1 aromatic rings. The molecule has 0 saturated carbocycles. The van der Waals surface area contributed by atoms with Crippen molar-refractivity contribution in [1.82, 2.24) is 10.2 Å². The fraction of sp³-hybridized carbons (Fsp3) is 0.571. The Hall–Kier alpha value is -1.07. The molecule has 2 nitrogen and oxygen atoms in total. The zero-order valence-electron chi connectivity index (χ0n) is 11.5. The molecule has 0 aliphatic heterocycles. The van der Waals surface area contributed by atoms with E-state index in [1.807, 2.05) is 0 Å². The van der Waals surface area contributed by atoms with Gasteiger partial charge in [-0.1, -0.05) is 19.9 Å². The van der Waals surface area contributed by atoms with Crippen molar-refractivity contribution in [3.63, 3.8) is 0 Å². The number of hydrogen-bond acceptors (Lipinski definition) is 2. The highest BCUT2D eigenvalue weighted by molar-refractivity contribution is 5.20. The maximum absolute atomic E-state index is 13.3. The lowest BCUT2D eigenvalue weighted by Gasteiger charge is -2.17. The molecule has 0 atom stereocenters. The highest BCUT2D eigenvalue weighted by Gasteiger charge is 2.12. The molecular weight excluding hydrogens is 253 g/mol. The van der Waals surface area contributed by atoms with E-state index in [0.717, 1.165) is 38.7 Å². The first kappa shape index (κ1) is 16.0. The van der Waals surface area contributed by atoms with Gasteiger partial charge in [-0.15, -0.1) is 0 Å². The van der Waals surface area contributed by atoms with Crippen LogP contribution in [0, 0.1) is 17.5 Å². The summed E-state index contributed by atoms with van der Waals surface area (Å²) in [5.41, 5.74) is 0.154. The van der Waals surface area contributed by atoms with Gasteiger partial charge in [0.1, 0.15) is 0 Å². The van der Waals surface area contributed by atoms with Crippen LogP contribution in [0.1, 0.15) is 25.8 Å². The number of nitrogens with zero attached hydrogens (tertiary/aromatic N) is 1. The molecule has 0 aliphatic carbocycles. The highest BCUT2D eigenvalue weighted by atomic mass is 19.2. The minimum Gasteiger partial charge on any atom is -0.313 e. The molecule has 108 valence electrons. The normalized spacial score (nSPS) is 11.3. The van der Waals surface area contributed by atoms with Crippen molar-refractivity contribution in [2.45, 2.75) is 26.8 Å². The maximum Gasteiger partial charge on any atom is 0.194 e. The second-order valence-electron chi connectivity index (χ2n) is 4.39. The van der Waals surface area contributed by atoms with E-state index in [4.69, 9.17) is 0 Å². The van der Waals surface area contributed by atoms with Crippen LogP contribution in [0.2, 0.25) is 0 Å². The summed E-state index contributed by atoms with van der Waals surface area (Å²) >= 11 is 0. The molecule has 0 amide bonds. The number of benzene rings is 1. The zero-order chi connectivity index (χ0) is 14.3. The summed E-state index contributed by atoms with van der Waals surface area (Å²) in [6.07, 6.45) is 0.937. The summed E-state index contributed by atoms with van der Waals surface area (Å²) < 4.78 is 39.1. The van der Waals surface area contributed by atoms with Crippen molar-refractivity contribution in [1.29, 1.82) is 0 Å². The van der Waals surface area contributed by atoms with Gasteiger partial charge in [-0.25, -0.2) is 13.2 Å². The molecule has 19 heavy (non-hydrogen) atoms. The SMILES string of the molecule is CCN(CC)CCCNCc1ccc(F)c(F)c1F. The van der Waals surface area contributed by atoms with Crippen molar-refractivity contribution in [3.05, 3.63) is 35.1 Å². The third-order valence-electron chi connectivity index (χ3n) is 3.15. The predicted molar refractivity (Wildman–Crippen MR) is 70.4 cm³/mol. The summed E-state index contributed by atoms with van der Waals surface area (Å²) in [6.45, 7) is 8.13. The molecular formula is C14H21F3N2. The van der Waals surface area contributed by atoms with E-state index in [-0.39, 0.29) is 12.1 Å². The molecule has 0 unspecified atom stereocenters. The van der Waals surface area contributed by atoms with E-state index in [2.05, 4.69) is 24.1 Å². The van der Waals surface area contributed by atoms with Crippen LogP contribution in [0.25, 0.3) is 0 Å². The van der Waals surface area contributed by atoms with Crippen molar-refractivity contribution >= 4 is 0 Å². The lowest BCUT2D eigenvalue weighted by Crippen LogP contribution is -2.27. The maximum atomic E-state index is 13.3. The lowest BCUT2D eigenvalue weighted by atomic mass is 10.2. The molecule has 0 aromatic heterocycles. The minimum absolute atomic E-state index is 0.154. The van der Waals surface area contributed by atoms with Crippen LogP contribution >= 0.6 is 0 Å². The molecule has 1 aromatic carbocycles. The van der Waals surface area contributed by atoms with E-state index in [0.29, 0.717) is 0 Å². The summed E-state index contributed by atoms with van der Waals surface area (Å²) in [5, 5.41) is 3.04. The fourth-order valence-electron chi connectivity index (χ4n) is 1.89. The van der Waals surface area contributed by atoms with Gasteiger partial charge in [0.2, 0.25) is 0 Å². The monoisotopic (exact) mass is 274 g/mol. The first-order valence-electron chi connectivity index (χ1n) is 6.65. The Bertz CT molecular complexity index is 393. The van der Waals surface area contributed by atoms with Crippen LogP contribution in [0.3, 0.4) is 0 Å². The third kappa shape index (κ3) is 4.84. The van der Waals surface area contributed by atoms with Crippen LogP contribution in [-0.2, 0) is 6.54 Å². The van der Waals surface area contributed by atoms with Gasteiger partial charge in [0.25, 0.3) is 0 Å². The first-order valence-corrected chi connectivity index (χ1v) is 6.65. The van der Waals surface area contributed by atoms with E-state index in [1.54, 1.807) is 0 Å². The third-order valence-corrected chi connectivity index (χ3v) is 3.15. The van der Waals surface area contributed by atoms with Crippen molar-refractivity contribution in [3.8, 4) is 0 Å². The molecule has 0 spiro atoms. The topological polar surface area (TPSA) is 15.3 Å². The molecule has 5 heteroatoms. The zero-order valence-corrected chi connectivity index (χ0v) is 11.5. The number of halogens is 3. The molecule has 0 aliphatic rings. The van der Waals surface area contributed by atoms with Crippen LogP contribution in [0.4, 0.5) is 13.2 Å². The molecule has 0 bridgehead atoms. The van der Waals surface area contributed by atoms with Gasteiger partial charge in [-0.3, -0.25) is 0 Å². The van der Waals surface area contributed by atoms with Gasteiger partial charge in [0, 0.05) is 12.1 Å². The van der Waals surface area contributed by atoms with Crippen LogP contribution in [-0.4, -0.2) is 31.1 Å². The van der Waals surface area contributed by atoms with Gasteiger partial charge in [0.15, 0.2) is 17.5 Å². The number of rotatable bonds is 8. The van der Waals surface area contributed by atoms with Crippen LogP contribution in [0.15, 0.2) is 12.1 Å². The molecule has 1 rings (SSSR count). The first-order chi connectivity index (χ1) is 9.10. The van der Waals surface area contributed by atoms with Crippen molar-refractivity contribution < 1.29 is 13.2 Å². The average molecular weight is 274 g/mol. The summed E-state index contributed by atoms with van der Waals surface area (Å²) in [4.78, 5) is 2.29. The second-order valence-corrected chi connectivity index (χ2v) is 4.39. The summed E-state index contributed by atoms with van der Waals surface area (Å²) in [6, 6.07) is 2.22. The Morgan fingerprint density at radius 3 is 2.37 bits per heavy atom. The van der Waals surface area contributed by atoms with Crippen LogP contribution in [0.5, 0.6) is 0 Å². The van der Waals surface area contributed by atoms with E-state index in [1.165, 1.54) is 6.07 Å². The quantitative estimate of drug-likeness (QED) is 0.579. The molecule has 0 heterocycles. The summed E-state index contributed by atoms with van der Waals surface area (Å²) in [7, 11) is 0. The Balaban J connectivity index is 2.32. The van der Waals surface area contributed by atoms with E-state index >= 15 is 0 Å². The highest BCUT2D eigenvalue weighted by Crippen LogP contribution is 2.14. The van der Waals surface area contributed by atoms with Gasteiger partial charge in [-0.05, 0) is 38.7 Å². The van der Waals surface area contributed by atoms with Crippen molar-refractivity contribution in [2.75, 3.05) is 26.2 Å². The Labute approximate surface area is 112 Å².